The lowest BCUT2D eigenvalue weighted by atomic mass is 10.0. The summed E-state index contributed by atoms with van der Waals surface area (Å²) in [6, 6.07) is 10.1. The smallest absolute Gasteiger partial charge is 0.159 e. The van der Waals surface area contributed by atoms with E-state index < -0.39 is 0 Å². The first-order chi connectivity index (χ1) is 12.2. The van der Waals surface area contributed by atoms with Crippen LogP contribution in [0.3, 0.4) is 0 Å². The molecule has 1 aromatic heterocycles. The average Bonchev–Trinajstić information content (AvgIpc) is 2.64. The second-order valence-electron chi connectivity index (χ2n) is 6.29. The molecule has 2 heterocycles. The topological polar surface area (TPSA) is 54.5 Å². The second-order valence-corrected chi connectivity index (χ2v) is 6.29. The number of nitrogens with one attached hydrogen (secondary N) is 1. The first kappa shape index (κ1) is 20.4. The fraction of sp³-hybridized carbons (Fsp3) is 0.400. The zero-order chi connectivity index (χ0) is 17.6. The Bertz CT molecular complexity index is 724. The summed E-state index contributed by atoms with van der Waals surface area (Å²) in [5.74, 6) is 0.935. The van der Waals surface area contributed by atoms with Gasteiger partial charge in [-0.05, 0) is 43.7 Å². The van der Waals surface area contributed by atoms with Crippen molar-refractivity contribution in [1.29, 1.82) is 0 Å². The standard InChI is InChI=1S/C20H25N3O2.ClH/c1-3-25-20-7-6-16(15(2)24)11-18(20)14-23-10-9-22-13-19(23)17-5-4-8-21-12-17;/h4-8,11-12,19,22H,3,9-10,13-14H2,1-2H3;1H. The molecule has 1 saturated heterocycles. The number of nitrogens with zero attached hydrogens (tertiary/aromatic N) is 2. The number of hydrogen-bond donors (Lipinski definition) is 1. The Labute approximate surface area is 161 Å². The van der Waals surface area contributed by atoms with Crippen molar-refractivity contribution >= 4 is 18.2 Å². The minimum absolute atomic E-state index is 0. The molecule has 1 unspecified atom stereocenters. The molecule has 0 saturated carbocycles. The molecule has 1 N–H and O–H groups in total. The molecule has 5 nitrogen and oxygen atoms in total. The number of ketones is 1. The summed E-state index contributed by atoms with van der Waals surface area (Å²) in [6.45, 7) is 7.72. The van der Waals surface area contributed by atoms with Crippen LogP contribution in [0.25, 0.3) is 0 Å². The molecule has 2 aromatic rings. The number of carbonyl (C=O) groups excluding carboxylic acids is 1. The Morgan fingerprint density at radius 2 is 2.23 bits per heavy atom. The van der Waals surface area contributed by atoms with Crippen LogP contribution < -0.4 is 10.1 Å². The highest BCUT2D eigenvalue weighted by atomic mass is 35.5. The normalized spacial score (nSPS) is 17.4. The zero-order valence-electron chi connectivity index (χ0n) is 15.3. The number of halogens is 1. The molecular formula is C20H26ClN3O2. The summed E-state index contributed by atoms with van der Waals surface area (Å²) in [5, 5.41) is 3.46. The highest BCUT2D eigenvalue weighted by molar-refractivity contribution is 5.94. The van der Waals surface area contributed by atoms with Gasteiger partial charge in [0.1, 0.15) is 5.75 Å². The first-order valence-corrected chi connectivity index (χ1v) is 8.80. The minimum Gasteiger partial charge on any atom is -0.494 e. The van der Waals surface area contributed by atoms with Gasteiger partial charge in [0.05, 0.1) is 6.61 Å². The van der Waals surface area contributed by atoms with Crippen molar-refractivity contribution in [2.45, 2.75) is 26.4 Å². The van der Waals surface area contributed by atoms with Crippen molar-refractivity contribution in [3.8, 4) is 5.75 Å². The number of benzene rings is 1. The number of rotatable bonds is 6. The summed E-state index contributed by atoms with van der Waals surface area (Å²) < 4.78 is 5.79. The SMILES string of the molecule is CCOc1ccc(C(C)=O)cc1CN1CCNCC1c1cccnc1.Cl. The summed E-state index contributed by atoms with van der Waals surface area (Å²) in [4.78, 5) is 18.5. The Morgan fingerprint density at radius 3 is 2.92 bits per heavy atom. The van der Waals surface area contributed by atoms with Gasteiger partial charge in [-0.3, -0.25) is 14.7 Å². The Hall–Kier alpha value is -1.95. The summed E-state index contributed by atoms with van der Waals surface area (Å²) in [5.41, 5.74) is 2.99. The maximum Gasteiger partial charge on any atom is 0.159 e. The van der Waals surface area contributed by atoms with Crippen molar-refractivity contribution in [1.82, 2.24) is 15.2 Å². The number of ether oxygens (including phenoxy) is 1. The third-order valence-corrected chi connectivity index (χ3v) is 4.56. The number of piperazine rings is 1. The number of carbonyl (C=O) groups is 1. The van der Waals surface area contributed by atoms with Gasteiger partial charge in [0, 0.05) is 55.7 Å². The first-order valence-electron chi connectivity index (χ1n) is 8.80. The monoisotopic (exact) mass is 375 g/mol. The highest BCUT2D eigenvalue weighted by Crippen LogP contribution is 2.28. The fourth-order valence-electron chi connectivity index (χ4n) is 3.27. The number of aromatic nitrogens is 1. The lowest BCUT2D eigenvalue weighted by molar-refractivity contribution is 0.101. The van der Waals surface area contributed by atoms with Gasteiger partial charge in [-0.25, -0.2) is 0 Å². The molecule has 1 fully saturated rings. The maximum atomic E-state index is 11.8. The Kier molecular flexibility index (Phi) is 7.57. The third kappa shape index (κ3) is 4.81. The summed E-state index contributed by atoms with van der Waals surface area (Å²) in [7, 11) is 0. The van der Waals surface area contributed by atoms with Crippen molar-refractivity contribution in [2.24, 2.45) is 0 Å². The van der Waals surface area contributed by atoms with E-state index >= 15 is 0 Å². The van der Waals surface area contributed by atoms with E-state index in [0.29, 0.717) is 6.61 Å². The minimum atomic E-state index is 0. The van der Waals surface area contributed by atoms with E-state index in [0.717, 1.165) is 43.1 Å². The van der Waals surface area contributed by atoms with E-state index in [4.69, 9.17) is 4.74 Å². The molecule has 1 aliphatic rings. The molecule has 3 rings (SSSR count). The van der Waals surface area contributed by atoms with Crippen molar-refractivity contribution in [2.75, 3.05) is 26.2 Å². The van der Waals surface area contributed by atoms with Crippen molar-refractivity contribution in [3.63, 3.8) is 0 Å². The lowest BCUT2D eigenvalue weighted by Gasteiger charge is -2.36. The molecule has 0 radical (unpaired) electrons. The largest absolute Gasteiger partial charge is 0.494 e. The van der Waals surface area contributed by atoms with Crippen LogP contribution in [0.2, 0.25) is 0 Å². The number of pyridine rings is 1. The van der Waals surface area contributed by atoms with Gasteiger partial charge < -0.3 is 10.1 Å². The lowest BCUT2D eigenvalue weighted by Crippen LogP contribution is -2.45. The Balaban J connectivity index is 0.00000243. The fourth-order valence-corrected chi connectivity index (χ4v) is 3.27. The molecule has 26 heavy (non-hydrogen) atoms. The van der Waals surface area contributed by atoms with Gasteiger partial charge in [-0.15, -0.1) is 12.4 Å². The van der Waals surface area contributed by atoms with Gasteiger partial charge >= 0.3 is 0 Å². The van der Waals surface area contributed by atoms with Gasteiger partial charge in [0.15, 0.2) is 5.78 Å². The molecule has 1 atom stereocenters. The van der Waals surface area contributed by atoms with E-state index in [1.165, 1.54) is 5.56 Å². The summed E-state index contributed by atoms with van der Waals surface area (Å²) in [6.07, 6.45) is 3.73. The number of Topliss-reactive ketones (excluding diaryl/α,β-unsaturated/α-hetero) is 1. The zero-order valence-corrected chi connectivity index (χ0v) is 16.1. The Morgan fingerprint density at radius 1 is 1.38 bits per heavy atom. The van der Waals surface area contributed by atoms with Crippen molar-refractivity contribution < 1.29 is 9.53 Å². The van der Waals surface area contributed by atoms with Gasteiger partial charge in [0.2, 0.25) is 0 Å². The second kappa shape index (κ2) is 9.67. The third-order valence-electron chi connectivity index (χ3n) is 4.56. The van der Waals surface area contributed by atoms with E-state index in [9.17, 15) is 4.79 Å². The van der Waals surface area contributed by atoms with E-state index in [1.807, 2.05) is 37.4 Å². The van der Waals surface area contributed by atoms with Crippen LogP contribution in [0.4, 0.5) is 0 Å². The van der Waals surface area contributed by atoms with Crippen LogP contribution in [-0.2, 0) is 6.54 Å². The van der Waals surface area contributed by atoms with E-state index in [2.05, 4.69) is 21.3 Å². The maximum absolute atomic E-state index is 11.8. The van der Waals surface area contributed by atoms with Crippen LogP contribution in [0, 0.1) is 0 Å². The van der Waals surface area contributed by atoms with Crippen LogP contribution in [0.1, 0.15) is 41.4 Å². The molecule has 0 spiro atoms. The van der Waals surface area contributed by atoms with Gasteiger partial charge in [-0.2, -0.15) is 0 Å². The van der Waals surface area contributed by atoms with Crippen LogP contribution >= 0.6 is 12.4 Å². The van der Waals surface area contributed by atoms with Crippen LogP contribution in [-0.4, -0.2) is 41.9 Å². The van der Waals surface area contributed by atoms with Gasteiger partial charge in [-0.1, -0.05) is 6.07 Å². The number of hydrogen-bond acceptors (Lipinski definition) is 5. The molecule has 1 aliphatic heterocycles. The van der Waals surface area contributed by atoms with Gasteiger partial charge in [0.25, 0.3) is 0 Å². The molecule has 0 aliphatic carbocycles. The van der Waals surface area contributed by atoms with E-state index in [-0.39, 0.29) is 24.2 Å². The predicted octanol–water partition coefficient (Wildman–Crippen LogP) is 3.25. The van der Waals surface area contributed by atoms with E-state index in [1.54, 1.807) is 13.1 Å². The molecule has 140 valence electrons. The predicted molar refractivity (Wildman–Crippen MR) is 105 cm³/mol. The van der Waals surface area contributed by atoms with Crippen molar-refractivity contribution in [3.05, 3.63) is 59.4 Å². The molecule has 1 aromatic carbocycles. The van der Waals surface area contributed by atoms with Crippen LogP contribution in [0.5, 0.6) is 5.75 Å². The average molecular weight is 376 g/mol. The highest BCUT2D eigenvalue weighted by Gasteiger charge is 2.25. The molecular weight excluding hydrogens is 350 g/mol. The quantitative estimate of drug-likeness (QED) is 0.785. The molecule has 0 amide bonds. The van der Waals surface area contributed by atoms with Crippen LogP contribution in [0.15, 0.2) is 42.7 Å². The molecule has 0 bridgehead atoms. The molecule has 6 heteroatoms. The summed E-state index contributed by atoms with van der Waals surface area (Å²) >= 11 is 0.